The number of aromatic nitrogens is 4. The monoisotopic (exact) mass is 410 g/mol. The summed E-state index contributed by atoms with van der Waals surface area (Å²) >= 11 is 1.31. The van der Waals surface area contributed by atoms with Gasteiger partial charge in [0.2, 0.25) is 17.0 Å². The highest BCUT2D eigenvalue weighted by Crippen LogP contribution is 2.26. The highest BCUT2D eigenvalue weighted by Gasteiger charge is 2.22. The zero-order chi connectivity index (χ0) is 20.6. The van der Waals surface area contributed by atoms with E-state index in [-0.39, 0.29) is 17.1 Å². The predicted octanol–water partition coefficient (Wildman–Crippen LogP) is 2.81. The van der Waals surface area contributed by atoms with E-state index in [2.05, 4.69) is 26.2 Å². The zero-order valence-electron chi connectivity index (χ0n) is 16.2. The number of thioether (sulfide) groups is 1. The van der Waals surface area contributed by atoms with Gasteiger partial charge < -0.3 is 10.6 Å². The van der Waals surface area contributed by atoms with Crippen LogP contribution in [0, 0.1) is 0 Å². The molecule has 1 aromatic heterocycles. The van der Waals surface area contributed by atoms with Crippen LogP contribution in [0.3, 0.4) is 0 Å². The van der Waals surface area contributed by atoms with Gasteiger partial charge in [-0.05, 0) is 40.6 Å². The molecule has 2 amide bonds. The lowest BCUT2D eigenvalue weighted by Gasteiger charge is -2.14. The third-order valence-corrected chi connectivity index (χ3v) is 5.37. The van der Waals surface area contributed by atoms with E-state index >= 15 is 0 Å². The topological polar surface area (TPSA) is 102 Å². The first kappa shape index (κ1) is 20.5. The minimum Gasteiger partial charge on any atom is -0.351 e. The van der Waals surface area contributed by atoms with E-state index < -0.39 is 0 Å². The Hall–Kier alpha value is -3.20. The molecule has 1 atom stereocenters. The lowest BCUT2D eigenvalue weighted by Crippen LogP contribution is -2.32. The molecule has 0 saturated heterocycles. The van der Waals surface area contributed by atoms with Crippen molar-refractivity contribution in [3.05, 3.63) is 60.2 Å². The molecule has 0 radical (unpaired) electrons. The van der Waals surface area contributed by atoms with E-state index in [0.29, 0.717) is 29.5 Å². The van der Waals surface area contributed by atoms with Gasteiger partial charge in [-0.2, -0.15) is 4.68 Å². The van der Waals surface area contributed by atoms with E-state index in [1.54, 1.807) is 22.9 Å². The second-order valence-corrected chi connectivity index (χ2v) is 7.49. The van der Waals surface area contributed by atoms with Gasteiger partial charge in [-0.3, -0.25) is 9.59 Å². The molecular formula is C20H22N6O2S. The standard InChI is InChI=1S/C20H22N6O2S/c1-3-18(19(28)21-13-15-8-5-4-6-9-15)29-20-23-24-25-26(20)17-11-7-10-16(12-17)22-14(2)27/h4-12,18H,3,13H2,1-2H3,(H,21,28)(H,22,27). The summed E-state index contributed by atoms with van der Waals surface area (Å²) in [5, 5.41) is 17.7. The van der Waals surface area contributed by atoms with Crippen molar-refractivity contribution in [2.45, 2.75) is 37.2 Å². The van der Waals surface area contributed by atoms with Gasteiger partial charge >= 0.3 is 0 Å². The van der Waals surface area contributed by atoms with E-state index in [9.17, 15) is 9.59 Å². The van der Waals surface area contributed by atoms with Gasteiger partial charge in [0.05, 0.1) is 10.9 Å². The molecule has 0 aliphatic carbocycles. The molecule has 0 saturated carbocycles. The largest absolute Gasteiger partial charge is 0.351 e. The molecule has 3 rings (SSSR count). The van der Waals surface area contributed by atoms with Crippen molar-refractivity contribution in [1.82, 2.24) is 25.5 Å². The van der Waals surface area contributed by atoms with Gasteiger partial charge in [0.1, 0.15) is 0 Å². The Balaban J connectivity index is 1.70. The molecule has 1 unspecified atom stereocenters. The van der Waals surface area contributed by atoms with Crippen LogP contribution in [0.5, 0.6) is 0 Å². The number of nitrogens with one attached hydrogen (secondary N) is 2. The fraction of sp³-hybridized carbons (Fsp3) is 0.250. The van der Waals surface area contributed by atoms with E-state index in [0.717, 1.165) is 5.56 Å². The van der Waals surface area contributed by atoms with Crippen LogP contribution in [0.15, 0.2) is 59.8 Å². The van der Waals surface area contributed by atoms with Crippen molar-refractivity contribution in [3.63, 3.8) is 0 Å². The van der Waals surface area contributed by atoms with E-state index in [1.165, 1.54) is 18.7 Å². The summed E-state index contributed by atoms with van der Waals surface area (Å²) in [6, 6.07) is 17.0. The first-order valence-corrected chi connectivity index (χ1v) is 10.1. The van der Waals surface area contributed by atoms with Crippen LogP contribution in [0.4, 0.5) is 5.69 Å². The number of hydrogen-bond donors (Lipinski definition) is 2. The summed E-state index contributed by atoms with van der Waals surface area (Å²) < 4.78 is 1.56. The number of hydrogen-bond acceptors (Lipinski definition) is 6. The highest BCUT2D eigenvalue weighted by molar-refractivity contribution is 8.00. The summed E-state index contributed by atoms with van der Waals surface area (Å²) in [6.45, 7) is 3.87. The van der Waals surface area contributed by atoms with Crippen LogP contribution in [0.1, 0.15) is 25.8 Å². The number of anilines is 1. The maximum Gasteiger partial charge on any atom is 0.233 e. The average molecular weight is 411 g/mol. The Labute approximate surface area is 173 Å². The molecule has 2 aromatic carbocycles. The summed E-state index contributed by atoms with van der Waals surface area (Å²) in [6.07, 6.45) is 0.629. The molecule has 2 N–H and O–H groups in total. The summed E-state index contributed by atoms with van der Waals surface area (Å²) in [5.41, 5.74) is 2.39. The number of carbonyl (C=O) groups excluding carboxylic acids is 2. The summed E-state index contributed by atoms with van der Waals surface area (Å²) in [4.78, 5) is 23.9. The smallest absolute Gasteiger partial charge is 0.233 e. The van der Waals surface area contributed by atoms with E-state index in [4.69, 9.17) is 0 Å². The Morgan fingerprint density at radius 2 is 1.93 bits per heavy atom. The highest BCUT2D eigenvalue weighted by atomic mass is 32.2. The lowest BCUT2D eigenvalue weighted by molar-refractivity contribution is -0.120. The minimum absolute atomic E-state index is 0.0668. The minimum atomic E-state index is -0.331. The maximum absolute atomic E-state index is 12.6. The second-order valence-electron chi connectivity index (χ2n) is 6.32. The van der Waals surface area contributed by atoms with Crippen molar-refractivity contribution >= 4 is 29.3 Å². The third kappa shape index (κ3) is 5.64. The van der Waals surface area contributed by atoms with Gasteiger partial charge in [-0.25, -0.2) is 0 Å². The van der Waals surface area contributed by atoms with Gasteiger partial charge in [-0.1, -0.05) is 55.1 Å². The Bertz CT molecular complexity index is 976. The molecule has 0 spiro atoms. The van der Waals surface area contributed by atoms with Gasteiger partial charge in [0.15, 0.2) is 0 Å². The van der Waals surface area contributed by atoms with Gasteiger partial charge in [-0.15, -0.1) is 5.10 Å². The molecule has 0 aliphatic rings. The molecule has 9 heteroatoms. The number of rotatable bonds is 8. The number of amides is 2. The molecule has 1 heterocycles. The molecule has 150 valence electrons. The number of tetrazole rings is 1. The fourth-order valence-corrected chi connectivity index (χ4v) is 3.62. The first-order chi connectivity index (χ1) is 14.1. The molecule has 0 fully saturated rings. The SMILES string of the molecule is CCC(Sc1nnnn1-c1cccc(NC(C)=O)c1)C(=O)NCc1ccccc1. The van der Waals surface area contributed by atoms with Crippen LogP contribution < -0.4 is 10.6 Å². The summed E-state index contributed by atoms with van der Waals surface area (Å²) in [7, 11) is 0. The molecule has 0 bridgehead atoms. The fourth-order valence-electron chi connectivity index (χ4n) is 2.68. The molecule has 29 heavy (non-hydrogen) atoms. The Morgan fingerprint density at radius 3 is 2.66 bits per heavy atom. The number of nitrogens with zero attached hydrogens (tertiary/aromatic N) is 4. The average Bonchev–Trinajstić information content (AvgIpc) is 3.19. The van der Waals surface area contributed by atoms with Crippen LogP contribution in [-0.2, 0) is 16.1 Å². The van der Waals surface area contributed by atoms with Crippen molar-refractivity contribution in [1.29, 1.82) is 0 Å². The predicted molar refractivity (Wildman–Crippen MR) is 112 cm³/mol. The molecule has 0 aliphatic heterocycles. The third-order valence-electron chi connectivity index (χ3n) is 4.07. The van der Waals surface area contributed by atoms with Crippen LogP contribution in [0.2, 0.25) is 0 Å². The lowest BCUT2D eigenvalue weighted by atomic mass is 10.2. The second kappa shape index (κ2) is 9.83. The first-order valence-electron chi connectivity index (χ1n) is 9.21. The van der Waals surface area contributed by atoms with Gasteiger partial charge in [0.25, 0.3) is 0 Å². The van der Waals surface area contributed by atoms with Crippen molar-refractivity contribution < 1.29 is 9.59 Å². The zero-order valence-corrected chi connectivity index (χ0v) is 17.0. The molecular weight excluding hydrogens is 388 g/mol. The maximum atomic E-state index is 12.6. The molecule has 3 aromatic rings. The van der Waals surface area contributed by atoms with Crippen LogP contribution >= 0.6 is 11.8 Å². The Morgan fingerprint density at radius 1 is 1.14 bits per heavy atom. The van der Waals surface area contributed by atoms with Crippen LogP contribution in [-0.4, -0.2) is 37.3 Å². The number of carbonyl (C=O) groups is 2. The summed E-state index contributed by atoms with van der Waals surface area (Å²) in [5.74, 6) is -0.225. The van der Waals surface area contributed by atoms with Crippen molar-refractivity contribution in [2.75, 3.05) is 5.32 Å². The molecule has 8 nitrogen and oxygen atoms in total. The van der Waals surface area contributed by atoms with Crippen molar-refractivity contribution in [3.8, 4) is 5.69 Å². The Kier molecular flexibility index (Phi) is 6.96. The number of benzene rings is 2. The van der Waals surface area contributed by atoms with E-state index in [1.807, 2.05) is 43.3 Å². The normalized spacial score (nSPS) is 11.7. The van der Waals surface area contributed by atoms with Crippen molar-refractivity contribution in [2.24, 2.45) is 0 Å². The van der Waals surface area contributed by atoms with Crippen LogP contribution in [0.25, 0.3) is 5.69 Å². The van der Waals surface area contributed by atoms with Gasteiger partial charge in [0, 0.05) is 19.2 Å². The quantitative estimate of drug-likeness (QED) is 0.554.